The zero-order chi connectivity index (χ0) is 9.10. The van der Waals surface area contributed by atoms with Crippen LogP contribution in [-0.2, 0) is 4.74 Å². The Morgan fingerprint density at radius 3 is 3.15 bits per heavy atom. The van der Waals surface area contributed by atoms with Gasteiger partial charge in [0.1, 0.15) is 0 Å². The second-order valence-electron chi connectivity index (χ2n) is 3.63. The largest absolute Gasteiger partial charge is 0.379 e. The lowest BCUT2D eigenvalue weighted by Crippen LogP contribution is -2.39. The van der Waals surface area contributed by atoms with E-state index in [9.17, 15) is 0 Å². The molecule has 0 radical (unpaired) electrons. The molecule has 2 unspecified atom stereocenters. The molecule has 2 atom stereocenters. The van der Waals surface area contributed by atoms with Crippen molar-refractivity contribution < 1.29 is 4.74 Å². The molecule has 0 saturated carbocycles. The van der Waals surface area contributed by atoms with E-state index in [1.165, 1.54) is 12.8 Å². The first kappa shape index (κ1) is 9.34. The van der Waals surface area contributed by atoms with E-state index in [1.807, 2.05) is 11.8 Å². The van der Waals surface area contributed by atoms with Crippen molar-refractivity contribution in [1.29, 1.82) is 0 Å². The molecule has 2 aliphatic rings. The highest BCUT2D eigenvalue weighted by Crippen LogP contribution is 2.19. The Kier molecular flexibility index (Phi) is 3.11. The average Bonchev–Trinajstić information content (AvgIpc) is 2.53. The highest BCUT2D eigenvalue weighted by Gasteiger charge is 2.19. The Labute approximate surface area is 83.3 Å². The minimum Gasteiger partial charge on any atom is -0.379 e. The highest BCUT2D eigenvalue weighted by molar-refractivity contribution is 8.14. The number of aliphatic imine (C=N–C) groups is 1. The molecule has 1 N–H and O–H groups in total. The molecule has 74 valence electrons. The van der Waals surface area contributed by atoms with Crippen LogP contribution in [0.1, 0.15) is 19.8 Å². The zero-order valence-corrected chi connectivity index (χ0v) is 8.77. The summed E-state index contributed by atoms with van der Waals surface area (Å²) in [5, 5.41) is 5.20. The third-order valence-electron chi connectivity index (χ3n) is 2.29. The summed E-state index contributed by atoms with van der Waals surface area (Å²) in [6.07, 6.45) is 2.39. The Bertz CT molecular complexity index is 202. The summed E-state index contributed by atoms with van der Waals surface area (Å²) in [6.45, 7) is 4.93. The van der Waals surface area contributed by atoms with Gasteiger partial charge in [-0.2, -0.15) is 0 Å². The van der Waals surface area contributed by atoms with Gasteiger partial charge in [0, 0.05) is 11.9 Å². The zero-order valence-electron chi connectivity index (χ0n) is 7.95. The second kappa shape index (κ2) is 4.33. The van der Waals surface area contributed by atoms with Crippen molar-refractivity contribution in [2.24, 2.45) is 4.99 Å². The van der Waals surface area contributed by atoms with Crippen LogP contribution in [0.3, 0.4) is 0 Å². The quantitative estimate of drug-likeness (QED) is 0.691. The maximum Gasteiger partial charge on any atom is 0.157 e. The first-order valence-corrected chi connectivity index (χ1v) is 5.78. The summed E-state index contributed by atoms with van der Waals surface area (Å²) in [6, 6.07) is 0.491. The number of hydrogen-bond acceptors (Lipinski definition) is 4. The Morgan fingerprint density at radius 2 is 2.54 bits per heavy atom. The molecule has 0 aromatic rings. The number of ether oxygens (including phenoxy) is 1. The van der Waals surface area contributed by atoms with Crippen molar-refractivity contribution in [1.82, 2.24) is 5.32 Å². The molecular weight excluding hydrogens is 184 g/mol. The Morgan fingerprint density at radius 1 is 1.62 bits per heavy atom. The lowest BCUT2D eigenvalue weighted by atomic mass is 10.1. The lowest BCUT2D eigenvalue weighted by Gasteiger charge is -2.23. The van der Waals surface area contributed by atoms with Gasteiger partial charge in [0.25, 0.3) is 0 Å². The molecule has 0 bridgehead atoms. The van der Waals surface area contributed by atoms with Gasteiger partial charge >= 0.3 is 0 Å². The summed E-state index contributed by atoms with van der Waals surface area (Å²) in [4.78, 5) is 4.42. The maximum absolute atomic E-state index is 5.39. The van der Waals surface area contributed by atoms with Crippen molar-refractivity contribution in [3.8, 4) is 0 Å². The fourth-order valence-electron chi connectivity index (χ4n) is 1.59. The minimum atomic E-state index is 0.491. The van der Waals surface area contributed by atoms with Crippen molar-refractivity contribution in [2.75, 3.05) is 19.8 Å². The monoisotopic (exact) mass is 200 g/mol. The van der Waals surface area contributed by atoms with Gasteiger partial charge in [-0.3, -0.25) is 4.99 Å². The Hall–Kier alpha value is -0.220. The van der Waals surface area contributed by atoms with E-state index in [2.05, 4.69) is 17.2 Å². The molecule has 0 aliphatic carbocycles. The molecule has 2 aliphatic heterocycles. The fourth-order valence-corrected chi connectivity index (χ4v) is 2.50. The van der Waals surface area contributed by atoms with E-state index in [0.29, 0.717) is 11.3 Å². The van der Waals surface area contributed by atoms with Crippen LogP contribution in [0.5, 0.6) is 0 Å². The van der Waals surface area contributed by atoms with Crippen molar-refractivity contribution >= 4 is 16.9 Å². The van der Waals surface area contributed by atoms with Crippen LogP contribution in [-0.4, -0.2) is 36.2 Å². The van der Waals surface area contributed by atoms with Crippen LogP contribution in [0.4, 0.5) is 0 Å². The predicted octanol–water partition coefficient (Wildman–Crippen LogP) is 1.25. The van der Waals surface area contributed by atoms with Gasteiger partial charge in [-0.15, -0.1) is 0 Å². The molecule has 4 heteroatoms. The van der Waals surface area contributed by atoms with Gasteiger partial charge < -0.3 is 10.1 Å². The third kappa shape index (κ3) is 2.61. The number of rotatable bonds is 1. The number of nitrogens with zero attached hydrogens (tertiary/aromatic N) is 1. The van der Waals surface area contributed by atoms with Gasteiger partial charge in [-0.05, 0) is 12.8 Å². The average molecular weight is 200 g/mol. The normalized spacial score (nSPS) is 34.4. The molecule has 13 heavy (non-hydrogen) atoms. The molecule has 2 rings (SSSR count). The molecular formula is C9H16N2OS. The fraction of sp³-hybridized carbons (Fsp3) is 0.889. The van der Waals surface area contributed by atoms with E-state index in [4.69, 9.17) is 4.74 Å². The summed E-state index contributed by atoms with van der Waals surface area (Å²) in [7, 11) is 0. The smallest absolute Gasteiger partial charge is 0.157 e. The summed E-state index contributed by atoms with van der Waals surface area (Å²) in [5.74, 6) is 0. The number of amidine groups is 1. The standard InChI is InChI=1S/C9H16N2OS/c1-7-5-10-9(13-7)11-8-3-2-4-12-6-8/h7-8H,2-6H2,1H3,(H,10,11). The molecule has 1 saturated heterocycles. The number of hydrogen-bond donors (Lipinski definition) is 1. The van der Waals surface area contributed by atoms with Gasteiger partial charge in [-0.25, -0.2) is 0 Å². The first-order chi connectivity index (χ1) is 6.34. The van der Waals surface area contributed by atoms with E-state index in [1.54, 1.807) is 0 Å². The van der Waals surface area contributed by atoms with Gasteiger partial charge in [0.05, 0.1) is 19.2 Å². The van der Waals surface area contributed by atoms with Crippen LogP contribution < -0.4 is 5.32 Å². The molecule has 0 amide bonds. The van der Waals surface area contributed by atoms with Crippen molar-refractivity contribution in [2.45, 2.75) is 31.1 Å². The van der Waals surface area contributed by atoms with E-state index in [-0.39, 0.29) is 0 Å². The van der Waals surface area contributed by atoms with Crippen molar-refractivity contribution in [3.63, 3.8) is 0 Å². The van der Waals surface area contributed by atoms with Crippen LogP contribution in [0.15, 0.2) is 4.99 Å². The van der Waals surface area contributed by atoms with Gasteiger partial charge in [0.15, 0.2) is 5.17 Å². The second-order valence-corrected chi connectivity index (χ2v) is 5.06. The van der Waals surface area contributed by atoms with Crippen LogP contribution in [0.25, 0.3) is 0 Å². The van der Waals surface area contributed by atoms with Gasteiger partial charge in [0.2, 0.25) is 0 Å². The molecule has 0 aromatic carbocycles. The maximum atomic E-state index is 5.39. The summed E-state index contributed by atoms with van der Waals surface area (Å²) >= 11 is 1.84. The van der Waals surface area contributed by atoms with Crippen molar-refractivity contribution in [3.05, 3.63) is 0 Å². The number of nitrogens with one attached hydrogen (secondary N) is 1. The first-order valence-electron chi connectivity index (χ1n) is 4.90. The molecule has 2 heterocycles. The summed E-state index contributed by atoms with van der Waals surface area (Å²) in [5.41, 5.74) is 0. The van der Waals surface area contributed by atoms with Crippen LogP contribution in [0, 0.1) is 0 Å². The summed E-state index contributed by atoms with van der Waals surface area (Å²) < 4.78 is 5.39. The molecule has 3 nitrogen and oxygen atoms in total. The van der Waals surface area contributed by atoms with E-state index < -0.39 is 0 Å². The molecule has 0 spiro atoms. The molecule has 1 fully saturated rings. The third-order valence-corrected chi connectivity index (χ3v) is 3.31. The topological polar surface area (TPSA) is 33.6 Å². The lowest BCUT2D eigenvalue weighted by molar-refractivity contribution is 0.0767. The molecule has 0 aromatic heterocycles. The number of thioether (sulfide) groups is 1. The van der Waals surface area contributed by atoms with Crippen LogP contribution >= 0.6 is 11.8 Å². The van der Waals surface area contributed by atoms with Crippen LogP contribution in [0.2, 0.25) is 0 Å². The Balaban J connectivity index is 1.77. The van der Waals surface area contributed by atoms with E-state index >= 15 is 0 Å². The van der Waals surface area contributed by atoms with E-state index in [0.717, 1.165) is 24.9 Å². The SMILES string of the molecule is CC1CN=C(NC2CCCOC2)S1. The predicted molar refractivity (Wildman–Crippen MR) is 56.3 cm³/mol. The minimum absolute atomic E-state index is 0.491. The highest BCUT2D eigenvalue weighted by atomic mass is 32.2. The van der Waals surface area contributed by atoms with Gasteiger partial charge in [-0.1, -0.05) is 18.7 Å².